The molecular weight excluding hydrogens is 164 g/mol. The molecule has 1 aliphatic heterocycles. The van der Waals surface area contributed by atoms with Crippen LogP contribution in [-0.2, 0) is 4.74 Å². The number of alkyl halides is 1. The molecule has 2 nitrogen and oxygen atoms in total. The summed E-state index contributed by atoms with van der Waals surface area (Å²) in [5.74, 6) is 1.00. The molecule has 3 heteroatoms. The van der Waals surface area contributed by atoms with E-state index in [-0.39, 0.29) is 6.10 Å². The number of hydrogen-bond donors (Lipinski definition) is 1. The molecule has 1 rings (SSSR count). The van der Waals surface area contributed by atoms with Crippen LogP contribution >= 0.6 is 11.6 Å². The van der Waals surface area contributed by atoms with E-state index in [9.17, 15) is 5.11 Å². The van der Waals surface area contributed by atoms with Gasteiger partial charge in [0.2, 0.25) is 0 Å². The second kappa shape index (κ2) is 4.96. The van der Waals surface area contributed by atoms with Crippen molar-refractivity contribution in [3.63, 3.8) is 0 Å². The molecule has 2 unspecified atom stereocenters. The minimum atomic E-state index is -0.198. The van der Waals surface area contributed by atoms with Crippen molar-refractivity contribution < 1.29 is 9.84 Å². The molecule has 0 aromatic carbocycles. The minimum absolute atomic E-state index is 0.198. The Labute approximate surface area is 72.5 Å². The quantitative estimate of drug-likeness (QED) is 0.660. The number of aliphatic hydroxyl groups excluding tert-OH is 1. The van der Waals surface area contributed by atoms with Gasteiger partial charge >= 0.3 is 0 Å². The lowest BCUT2D eigenvalue weighted by atomic mass is 9.98. The van der Waals surface area contributed by atoms with Gasteiger partial charge in [0.1, 0.15) is 0 Å². The third-order valence-corrected chi connectivity index (χ3v) is 2.41. The van der Waals surface area contributed by atoms with Gasteiger partial charge in [0.25, 0.3) is 0 Å². The monoisotopic (exact) mass is 178 g/mol. The van der Waals surface area contributed by atoms with Gasteiger partial charge in [-0.1, -0.05) is 0 Å². The highest BCUT2D eigenvalue weighted by Gasteiger charge is 2.22. The fourth-order valence-corrected chi connectivity index (χ4v) is 1.53. The van der Waals surface area contributed by atoms with E-state index < -0.39 is 0 Å². The smallest absolute Gasteiger partial charge is 0.0591 e. The largest absolute Gasteiger partial charge is 0.393 e. The number of halogens is 1. The van der Waals surface area contributed by atoms with E-state index in [0.29, 0.717) is 11.8 Å². The van der Waals surface area contributed by atoms with E-state index in [2.05, 4.69) is 0 Å². The van der Waals surface area contributed by atoms with Crippen molar-refractivity contribution in [1.82, 2.24) is 0 Å². The summed E-state index contributed by atoms with van der Waals surface area (Å²) in [4.78, 5) is 0. The van der Waals surface area contributed by atoms with E-state index in [4.69, 9.17) is 16.3 Å². The summed E-state index contributed by atoms with van der Waals surface area (Å²) in [6.45, 7) is 1.53. The van der Waals surface area contributed by atoms with Crippen molar-refractivity contribution >= 4 is 11.6 Å². The first-order valence-corrected chi connectivity index (χ1v) is 4.70. The second-order valence-electron chi connectivity index (χ2n) is 3.02. The summed E-state index contributed by atoms with van der Waals surface area (Å²) in [6.07, 6.45) is 2.52. The van der Waals surface area contributed by atoms with Crippen molar-refractivity contribution in [2.45, 2.75) is 25.4 Å². The number of aliphatic hydroxyl groups is 1. The van der Waals surface area contributed by atoms with E-state index in [1.165, 1.54) is 0 Å². The SMILES string of the molecule is OC(CCCCl)C1CCOC1. The van der Waals surface area contributed by atoms with Crippen LogP contribution in [0.25, 0.3) is 0 Å². The number of ether oxygens (including phenoxy) is 1. The average Bonchev–Trinajstić information content (AvgIpc) is 2.52. The van der Waals surface area contributed by atoms with Crippen molar-refractivity contribution in [2.75, 3.05) is 19.1 Å². The molecule has 1 fully saturated rings. The van der Waals surface area contributed by atoms with E-state index in [1.54, 1.807) is 0 Å². The Kier molecular flexibility index (Phi) is 4.20. The van der Waals surface area contributed by atoms with Gasteiger partial charge in [0.05, 0.1) is 12.7 Å². The maximum Gasteiger partial charge on any atom is 0.0591 e. The normalized spacial score (nSPS) is 27.3. The van der Waals surface area contributed by atoms with E-state index >= 15 is 0 Å². The average molecular weight is 179 g/mol. The highest BCUT2D eigenvalue weighted by atomic mass is 35.5. The van der Waals surface area contributed by atoms with Crippen LogP contribution in [0.4, 0.5) is 0 Å². The summed E-state index contributed by atoms with van der Waals surface area (Å²) in [7, 11) is 0. The zero-order valence-electron chi connectivity index (χ0n) is 6.63. The third-order valence-electron chi connectivity index (χ3n) is 2.14. The molecule has 1 N–H and O–H groups in total. The topological polar surface area (TPSA) is 29.5 Å². The van der Waals surface area contributed by atoms with Crippen LogP contribution in [-0.4, -0.2) is 30.3 Å². The van der Waals surface area contributed by atoms with Crippen molar-refractivity contribution in [1.29, 1.82) is 0 Å². The Balaban J connectivity index is 2.12. The molecule has 0 aromatic rings. The molecule has 66 valence electrons. The van der Waals surface area contributed by atoms with Crippen LogP contribution < -0.4 is 0 Å². The first-order chi connectivity index (χ1) is 5.34. The zero-order valence-corrected chi connectivity index (χ0v) is 7.39. The molecule has 1 heterocycles. The molecule has 0 spiro atoms. The molecule has 0 bridgehead atoms. The van der Waals surface area contributed by atoms with Gasteiger partial charge in [0, 0.05) is 18.4 Å². The summed E-state index contributed by atoms with van der Waals surface area (Å²) < 4.78 is 5.17. The van der Waals surface area contributed by atoms with Gasteiger partial charge in [-0.05, 0) is 19.3 Å². The van der Waals surface area contributed by atoms with Crippen LogP contribution in [0.15, 0.2) is 0 Å². The Bertz CT molecular complexity index is 102. The molecule has 1 aliphatic rings. The van der Waals surface area contributed by atoms with Gasteiger partial charge < -0.3 is 9.84 Å². The van der Waals surface area contributed by atoms with Gasteiger partial charge in [-0.25, -0.2) is 0 Å². The Morgan fingerprint density at radius 2 is 2.45 bits per heavy atom. The summed E-state index contributed by atoms with van der Waals surface area (Å²) in [6, 6.07) is 0. The predicted molar refractivity (Wildman–Crippen MR) is 44.9 cm³/mol. The van der Waals surface area contributed by atoms with Crippen molar-refractivity contribution in [2.24, 2.45) is 5.92 Å². The molecule has 0 radical (unpaired) electrons. The second-order valence-corrected chi connectivity index (χ2v) is 3.40. The van der Waals surface area contributed by atoms with E-state index in [0.717, 1.165) is 32.5 Å². The van der Waals surface area contributed by atoms with E-state index in [1.807, 2.05) is 0 Å². The Morgan fingerprint density at radius 3 is 3.00 bits per heavy atom. The highest BCUT2D eigenvalue weighted by Crippen LogP contribution is 2.19. The summed E-state index contributed by atoms with van der Waals surface area (Å²) >= 11 is 5.51. The van der Waals surface area contributed by atoms with Gasteiger partial charge in [0.15, 0.2) is 0 Å². The first-order valence-electron chi connectivity index (χ1n) is 4.16. The molecule has 0 aliphatic carbocycles. The first kappa shape index (κ1) is 9.30. The fraction of sp³-hybridized carbons (Fsp3) is 1.00. The lowest BCUT2D eigenvalue weighted by molar-refractivity contribution is 0.0844. The standard InChI is InChI=1S/C8H15ClO2/c9-4-1-2-8(10)7-3-5-11-6-7/h7-8,10H,1-6H2. The van der Waals surface area contributed by atoms with Crippen LogP contribution in [0.1, 0.15) is 19.3 Å². The Hall–Kier alpha value is 0.210. The van der Waals surface area contributed by atoms with Crippen LogP contribution in [0.5, 0.6) is 0 Å². The van der Waals surface area contributed by atoms with Crippen LogP contribution in [0.3, 0.4) is 0 Å². The lowest BCUT2D eigenvalue weighted by Crippen LogP contribution is -2.20. The van der Waals surface area contributed by atoms with Crippen LogP contribution in [0, 0.1) is 5.92 Å². The molecule has 11 heavy (non-hydrogen) atoms. The maximum atomic E-state index is 9.54. The van der Waals surface area contributed by atoms with Gasteiger partial charge in [-0.15, -0.1) is 11.6 Å². The van der Waals surface area contributed by atoms with Gasteiger partial charge in [-0.2, -0.15) is 0 Å². The molecule has 0 amide bonds. The summed E-state index contributed by atoms with van der Waals surface area (Å²) in [5, 5.41) is 9.54. The minimum Gasteiger partial charge on any atom is -0.393 e. The lowest BCUT2D eigenvalue weighted by Gasteiger charge is -2.14. The molecule has 2 atom stereocenters. The molecule has 0 aromatic heterocycles. The number of rotatable bonds is 4. The third kappa shape index (κ3) is 2.97. The summed E-state index contributed by atoms with van der Waals surface area (Å²) in [5.41, 5.74) is 0. The molecular formula is C8H15ClO2. The van der Waals surface area contributed by atoms with Crippen molar-refractivity contribution in [3.8, 4) is 0 Å². The predicted octanol–water partition coefficient (Wildman–Crippen LogP) is 1.40. The highest BCUT2D eigenvalue weighted by molar-refractivity contribution is 6.17. The zero-order chi connectivity index (χ0) is 8.10. The molecule has 0 saturated carbocycles. The fourth-order valence-electron chi connectivity index (χ4n) is 1.38. The van der Waals surface area contributed by atoms with Crippen LogP contribution in [0.2, 0.25) is 0 Å². The molecule has 1 saturated heterocycles. The Morgan fingerprint density at radius 1 is 1.64 bits per heavy atom. The van der Waals surface area contributed by atoms with Crippen molar-refractivity contribution in [3.05, 3.63) is 0 Å². The van der Waals surface area contributed by atoms with Gasteiger partial charge in [-0.3, -0.25) is 0 Å². The number of hydrogen-bond acceptors (Lipinski definition) is 2. The maximum absolute atomic E-state index is 9.54.